The second-order valence-electron chi connectivity index (χ2n) is 19.9. The minimum atomic E-state index is -3.42. The first-order chi connectivity index (χ1) is 31.5. The van der Waals surface area contributed by atoms with Crippen LogP contribution in [0.4, 0.5) is 0 Å². The molecule has 0 bridgehead atoms. The molecule has 0 atom stereocenters. The minimum Gasteiger partial charge on any atom is -0.289 e. The van der Waals surface area contributed by atoms with Crippen LogP contribution >= 0.6 is 0 Å². The molecule has 1 heterocycles. The van der Waals surface area contributed by atoms with Crippen LogP contribution in [0.15, 0.2) is 143 Å². The molecule has 6 heteroatoms. The average Bonchev–Trinajstić information content (AvgIpc) is 3.31. The van der Waals surface area contributed by atoms with E-state index in [0.29, 0.717) is 57.1 Å². The highest BCUT2D eigenvalue weighted by Gasteiger charge is 2.18. The fraction of sp³-hybridized carbons (Fsp3) is 0.393. The van der Waals surface area contributed by atoms with Crippen molar-refractivity contribution < 1.29 is 13.2 Å². The molecule has 356 valence electrons. The van der Waals surface area contributed by atoms with Gasteiger partial charge in [0.25, 0.3) is 0 Å². The SMILES string of the molecule is CC(C)c1ccc(C(=O)c2ccc(C(C)C)cc2)cc1.CC(C)c1ccc(S(=O)(=O)c2ccc(C(C)C)cc2)cc1.CC(C)c1cccc(C(C)C)c1C#N.CC(C)c1cccc(C(C)C)n1. The lowest BCUT2D eigenvalue weighted by Gasteiger charge is -2.14. The van der Waals surface area contributed by atoms with E-state index in [9.17, 15) is 13.2 Å². The van der Waals surface area contributed by atoms with Crippen molar-refractivity contribution in [2.24, 2.45) is 0 Å². The third-order valence-electron chi connectivity index (χ3n) is 11.9. The lowest BCUT2D eigenvalue weighted by atomic mass is 9.89. The fourth-order valence-corrected chi connectivity index (χ4v) is 8.46. The minimum absolute atomic E-state index is 0.0932. The third-order valence-corrected chi connectivity index (χ3v) is 13.6. The zero-order valence-electron chi connectivity index (χ0n) is 43.3. The molecule has 0 N–H and O–H groups in total. The van der Waals surface area contributed by atoms with Gasteiger partial charge in [0.05, 0.1) is 21.4 Å². The molecule has 0 amide bonds. The van der Waals surface area contributed by atoms with Crippen molar-refractivity contribution in [2.75, 3.05) is 0 Å². The van der Waals surface area contributed by atoms with Gasteiger partial charge >= 0.3 is 0 Å². The van der Waals surface area contributed by atoms with Crippen LogP contribution in [-0.2, 0) is 9.84 Å². The molecule has 0 aliphatic carbocycles. The highest BCUT2D eigenvalue weighted by Crippen LogP contribution is 2.28. The number of carbonyl (C=O) groups is 1. The molecule has 0 spiro atoms. The summed E-state index contributed by atoms with van der Waals surface area (Å²) in [7, 11) is -3.42. The van der Waals surface area contributed by atoms with E-state index >= 15 is 0 Å². The first-order valence-corrected chi connectivity index (χ1v) is 25.7. The Bertz CT molecular complexity index is 2430. The summed E-state index contributed by atoms with van der Waals surface area (Å²) in [6, 6.07) is 45.0. The Hall–Kier alpha value is -5.64. The zero-order valence-corrected chi connectivity index (χ0v) is 44.2. The van der Waals surface area contributed by atoms with Crippen molar-refractivity contribution in [3.63, 3.8) is 0 Å². The van der Waals surface area contributed by atoms with Gasteiger partial charge in [-0.1, -0.05) is 208 Å². The Morgan fingerprint density at radius 1 is 0.403 bits per heavy atom. The second-order valence-corrected chi connectivity index (χ2v) is 21.8. The monoisotopic (exact) mass is 919 g/mol. The van der Waals surface area contributed by atoms with E-state index in [1.807, 2.05) is 78.9 Å². The van der Waals surface area contributed by atoms with Gasteiger partial charge in [-0.2, -0.15) is 5.26 Å². The topological polar surface area (TPSA) is 87.9 Å². The number of ketones is 1. The van der Waals surface area contributed by atoms with Gasteiger partial charge in [0.1, 0.15) is 0 Å². The predicted octanol–water partition coefficient (Wildman–Crippen LogP) is 17.1. The highest BCUT2D eigenvalue weighted by atomic mass is 32.2. The van der Waals surface area contributed by atoms with Crippen molar-refractivity contribution in [3.8, 4) is 6.07 Å². The number of hydrogen-bond donors (Lipinski definition) is 0. The first-order valence-electron chi connectivity index (χ1n) is 24.2. The Morgan fingerprint density at radius 3 is 0.940 bits per heavy atom. The van der Waals surface area contributed by atoms with Crippen molar-refractivity contribution in [1.82, 2.24) is 4.98 Å². The molecule has 6 aromatic rings. The first kappa shape index (κ1) is 55.7. The molecule has 0 saturated heterocycles. The van der Waals surface area contributed by atoms with Gasteiger partial charge in [0, 0.05) is 22.5 Å². The van der Waals surface area contributed by atoms with E-state index in [0.717, 1.165) is 27.8 Å². The third kappa shape index (κ3) is 16.3. The summed E-state index contributed by atoms with van der Waals surface area (Å²) < 4.78 is 25.2. The van der Waals surface area contributed by atoms with Crippen LogP contribution in [0.3, 0.4) is 0 Å². The van der Waals surface area contributed by atoms with Crippen LogP contribution in [0.1, 0.15) is 224 Å². The number of carbonyl (C=O) groups excluding carboxylic acids is 1. The quantitative estimate of drug-likeness (QED) is 0.114. The number of pyridine rings is 1. The molecule has 1 aromatic heterocycles. The normalized spacial score (nSPS) is 11.3. The van der Waals surface area contributed by atoms with E-state index in [2.05, 4.69) is 152 Å². The number of nitrogens with zero attached hydrogens (tertiary/aromatic N) is 2. The van der Waals surface area contributed by atoms with Crippen LogP contribution < -0.4 is 0 Å². The number of nitriles is 1. The molecular formula is C61H78N2O3S. The van der Waals surface area contributed by atoms with E-state index in [-0.39, 0.29) is 5.78 Å². The van der Waals surface area contributed by atoms with Gasteiger partial charge in [-0.05, 0) is 117 Å². The standard InChI is InChI=1S/C19H22O.C18H22O2S.C13H17N.C11H17N/c1-13(2)15-5-9-17(10-6-15)19(20)18-11-7-16(8-12-18)14(3)4;1-13(2)15-5-9-17(10-6-15)21(19,20)18-11-7-16(8-12-18)14(3)4;1-9(2)11-6-5-7-12(10(3)4)13(11)8-14;1-8(2)10-6-5-7-11(12-10)9(3)4/h5-14H,1-4H3;5-14H,1-4H3;5-7,9-10H,1-4H3;5-9H,1-4H3. The van der Waals surface area contributed by atoms with E-state index < -0.39 is 9.84 Å². The number of benzene rings is 5. The maximum absolute atomic E-state index is 12.6. The highest BCUT2D eigenvalue weighted by molar-refractivity contribution is 7.91. The van der Waals surface area contributed by atoms with Crippen molar-refractivity contribution in [2.45, 2.75) is 168 Å². The van der Waals surface area contributed by atoms with Crippen LogP contribution in [-0.4, -0.2) is 19.2 Å². The molecule has 0 fully saturated rings. The van der Waals surface area contributed by atoms with Crippen molar-refractivity contribution in [3.05, 3.63) is 195 Å². The molecule has 67 heavy (non-hydrogen) atoms. The largest absolute Gasteiger partial charge is 0.289 e. The predicted molar refractivity (Wildman–Crippen MR) is 283 cm³/mol. The summed E-state index contributed by atoms with van der Waals surface area (Å²) in [4.78, 5) is 17.7. The van der Waals surface area contributed by atoms with Crippen molar-refractivity contribution in [1.29, 1.82) is 5.26 Å². The Morgan fingerprint density at radius 2 is 0.687 bits per heavy atom. The molecular weight excluding hydrogens is 841 g/mol. The maximum Gasteiger partial charge on any atom is 0.206 e. The van der Waals surface area contributed by atoms with Gasteiger partial charge in [-0.3, -0.25) is 9.78 Å². The summed E-state index contributed by atoms with van der Waals surface area (Å²) in [6.45, 7) is 34.2. The molecule has 5 aromatic carbocycles. The summed E-state index contributed by atoms with van der Waals surface area (Å²) >= 11 is 0. The summed E-state index contributed by atoms with van der Waals surface area (Å²) in [5.74, 6) is 3.77. The maximum atomic E-state index is 12.6. The van der Waals surface area contributed by atoms with Crippen LogP contribution in [0.5, 0.6) is 0 Å². The van der Waals surface area contributed by atoms with Gasteiger partial charge in [-0.15, -0.1) is 0 Å². The van der Waals surface area contributed by atoms with Crippen LogP contribution in [0.25, 0.3) is 0 Å². The van der Waals surface area contributed by atoms with Crippen LogP contribution in [0, 0.1) is 11.3 Å². The molecule has 0 saturated carbocycles. The summed E-state index contributed by atoms with van der Waals surface area (Å²) in [5.41, 5.74) is 11.9. The van der Waals surface area contributed by atoms with Crippen LogP contribution in [0.2, 0.25) is 0 Å². The van der Waals surface area contributed by atoms with Gasteiger partial charge in [0.15, 0.2) is 5.78 Å². The fourth-order valence-electron chi connectivity index (χ4n) is 7.20. The van der Waals surface area contributed by atoms with E-state index in [1.54, 1.807) is 24.3 Å². The van der Waals surface area contributed by atoms with E-state index in [1.165, 1.54) is 33.6 Å². The second kappa shape index (κ2) is 26.0. The van der Waals surface area contributed by atoms with Gasteiger partial charge in [-0.25, -0.2) is 8.42 Å². The summed E-state index contributed by atoms with van der Waals surface area (Å²) in [6.07, 6.45) is 0. The van der Waals surface area contributed by atoms with Gasteiger partial charge < -0.3 is 0 Å². The Balaban J connectivity index is 0.000000243. The number of hydrogen-bond acceptors (Lipinski definition) is 5. The molecule has 0 unspecified atom stereocenters. The van der Waals surface area contributed by atoms with E-state index in [4.69, 9.17) is 5.26 Å². The van der Waals surface area contributed by atoms with Crippen molar-refractivity contribution >= 4 is 15.6 Å². The molecule has 5 nitrogen and oxygen atoms in total. The number of aromatic nitrogens is 1. The zero-order chi connectivity index (χ0) is 50.2. The lowest BCUT2D eigenvalue weighted by molar-refractivity contribution is 0.103. The summed E-state index contributed by atoms with van der Waals surface area (Å²) in [5, 5.41) is 9.15. The molecule has 0 aliphatic heterocycles. The number of rotatable bonds is 12. The smallest absolute Gasteiger partial charge is 0.206 e. The molecule has 0 aliphatic rings. The molecule has 6 rings (SSSR count). The van der Waals surface area contributed by atoms with Gasteiger partial charge in [0.2, 0.25) is 9.84 Å². The molecule has 0 radical (unpaired) electrons. The number of sulfone groups is 1. The Kier molecular flexibility index (Phi) is 21.7. The lowest BCUT2D eigenvalue weighted by Crippen LogP contribution is -2.02. The average molecular weight is 919 g/mol. The Labute approximate surface area is 406 Å².